The average Bonchev–Trinajstić information content (AvgIpc) is 3.43. The molecule has 264 valence electrons. The number of rotatable bonds is 2. The van der Waals surface area contributed by atoms with Crippen molar-refractivity contribution in [1.29, 1.82) is 0 Å². The van der Waals surface area contributed by atoms with Crippen LogP contribution in [0.2, 0.25) is 0 Å². The Balaban J connectivity index is 0.000000160. The van der Waals surface area contributed by atoms with Gasteiger partial charge in [0.1, 0.15) is 24.7 Å². The van der Waals surface area contributed by atoms with Gasteiger partial charge in [0.15, 0.2) is 0 Å². The zero-order valence-electron chi connectivity index (χ0n) is 30.3. The van der Waals surface area contributed by atoms with Crippen LogP contribution in [0.4, 0.5) is 4.79 Å². The van der Waals surface area contributed by atoms with Gasteiger partial charge in [-0.3, -0.25) is 9.97 Å². The van der Waals surface area contributed by atoms with Crippen molar-refractivity contribution in [3.05, 3.63) is 129 Å². The van der Waals surface area contributed by atoms with Gasteiger partial charge in [-0.25, -0.2) is 4.79 Å². The molecule has 8 nitrogen and oxygen atoms in total. The molecular formula is C43H48N4O4. The molecule has 8 heteroatoms. The fourth-order valence-corrected chi connectivity index (χ4v) is 7.57. The summed E-state index contributed by atoms with van der Waals surface area (Å²) in [6.45, 7) is 14.5. The predicted molar refractivity (Wildman–Crippen MR) is 201 cm³/mol. The normalized spacial score (nSPS) is 16.9. The summed E-state index contributed by atoms with van der Waals surface area (Å²) in [5.74, 6) is 1.90. The van der Waals surface area contributed by atoms with Crippen LogP contribution in [0.15, 0.2) is 84.2 Å². The lowest BCUT2D eigenvalue weighted by Crippen LogP contribution is -2.37. The highest BCUT2D eigenvalue weighted by molar-refractivity contribution is 5.86. The number of pyridine rings is 2. The number of likely N-dealkylation sites (tertiary alicyclic amines) is 2. The zero-order chi connectivity index (χ0) is 35.3. The number of nitrogens with zero attached hydrogens (tertiary/aromatic N) is 4. The minimum absolute atomic E-state index is 0.222. The molecule has 0 saturated carbocycles. The summed E-state index contributed by atoms with van der Waals surface area (Å²) in [4.78, 5) is 25.8. The smallest absolute Gasteiger partial charge is 0.409 e. The first-order chi connectivity index (χ1) is 24.9. The van der Waals surface area contributed by atoms with Crippen molar-refractivity contribution in [2.45, 2.75) is 66.6 Å². The van der Waals surface area contributed by atoms with E-state index in [9.17, 15) is 4.79 Å². The first-order valence-corrected chi connectivity index (χ1v) is 18.4. The molecule has 0 N–H and O–H groups in total. The van der Waals surface area contributed by atoms with Crippen molar-refractivity contribution in [3.63, 3.8) is 0 Å². The van der Waals surface area contributed by atoms with E-state index in [1.54, 1.807) is 4.90 Å². The first kappa shape index (κ1) is 34.5. The van der Waals surface area contributed by atoms with Gasteiger partial charge in [0, 0.05) is 72.0 Å². The summed E-state index contributed by atoms with van der Waals surface area (Å²) >= 11 is 0. The van der Waals surface area contributed by atoms with Gasteiger partial charge in [-0.2, -0.15) is 0 Å². The summed E-state index contributed by atoms with van der Waals surface area (Å²) in [6.07, 6.45) is 7.39. The Bertz CT molecular complexity index is 1960. The SMILES string of the molecule is CCN1CCC(=C2c3ccc(C)cc3OCc3cccnc32)CC1.CCOC(=O)N1CCC(=C2c3ccc(C)cc3OCc3cccnc32)CC1. The number of aryl methyl sites for hydroxylation is 2. The molecular weight excluding hydrogens is 636 g/mol. The van der Waals surface area contributed by atoms with E-state index in [1.165, 1.54) is 44.5 Å². The maximum absolute atomic E-state index is 12.0. The van der Waals surface area contributed by atoms with Gasteiger partial charge in [-0.05, 0) is 88.4 Å². The third-order valence-corrected chi connectivity index (χ3v) is 10.3. The average molecular weight is 685 g/mol. The number of carbonyl (C=O) groups is 1. The molecule has 4 aliphatic rings. The standard InChI is InChI=1S/C22H24N2O3.C21H24N2O/c1-3-26-22(25)24-11-8-16(9-12-24)20-18-7-6-15(2)13-19(18)27-14-17-5-4-10-23-21(17)20;1-3-23-11-8-16(9-12-23)20-18-7-6-15(2)13-19(18)24-14-17-5-4-10-22-21(17)20/h4-7,10,13H,3,8-9,11-12,14H2,1-2H3;4-7,10,13H,3,8-9,11-12,14H2,1-2H3. The van der Waals surface area contributed by atoms with E-state index < -0.39 is 0 Å². The molecule has 2 aromatic heterocycles. The van der Waals surface area contributed by atoms with E-state index >= 15 is 0 Å². The molecule has 0 aliphatic carbocycles. The van der Waals surface area contributed by atoms with E-state index in [-0.39, 0.29) is 6.09 Å². The maximum Gasteiger partial charge on any atom is 0.409 e. The Morgan fingerprint density at radius 2 is 1.20 bits per heavy atom. The molecule has 2 saturated heterocycles. The molecule has 6 heterocycles. The Morgan fingerprint density at radius 1 is 0.706 bits per heavy atom. The fraction of sp³-hybridized carbons (Fsp3) is 0.372. The fourth-order valence-electron chi connectivity index (χ4n) is 7.57. The third kappa shape index (κ3) is 7.42. The van der Waals surface area contributed by atoms with Crippen molar-refractivity contribution in [3.8, 4) is 11.5 Å². The molecule has 4 aromatic rings. The van der Waals surface area contributed by atoms with E-state index in [4.69, 9.17) is 24.2 Å². The Labute approximate surface area is 301 Å². The van der Waals surface area contributed by atoms with Gasteiger partial charge in [0.25, 0.3) is 0 Å². The van der Waals surface area contributed by atoms with Crippen molar-refractivity contribution >= 4 is 17.2 Å². The van der Waals surface area contributed by atoms with Gasteiger partial charge >= 0.3 is 6.09 Å². The quantitative estimate of drug-likeness (QED) is 0.210. The maximum atomic E-state index is 12.0. The van der Waals surface area contributed by atoms with Crippen LogP contribution in [0.5, 0.6) is 11.5 Å². The Morgan fingerprint density at radius 3 is 1.67 bits per heavy atom. The predicted octanol–water partition coefficient (Wildman–Crippen LogP) is 8.54. The highest BCUT2D eigenvalue weighted by atomic mass is 16.6. The number of ether oxygens (including phenoxy) is 3. The third-order valence-electron chi connectivity index (χ3n) is 10.3. The summed E-state index contributed by atoms with van der Waals surface area (Å²) < 4.78 is 17.4. The van der Waals surface area contributed by atoms with Crippen LogP contribution in [-0.4, -0.2) is 65.2 Å². The molecule has 0 unspecified atom stereocenters. The molecule has 2 fully saturated rings. The number of hydrogen-bond acceptors (Lipinski definition) is 7. The highest BCUT2D eigenvalue weighted by Gasteiger charge is 2.28. The Kier molecular flexibility index (Phi) is 10.5. The summed E-state index contributed by atoms with van der Waals surface area (Å²) in [7, 11) is 0. The second-order valence-corrected chi connectivity index (χ2v) is 13.7. The lowest BCUT2D eigenvalue weighted by Gasteiger charge is -2.29. The number of carbonyl (C=O) groups excluding carboxylic acids is 1. The van der Waals surface area contributed by atoms with Gasteiger partial charge in [-0.1, -0.05) is 54.5 Å². The van der Waals surface area contributed by atoms with Crippen molar-refractivity contribution in [2.75, 3.05) is 39.3 Å². The molecule has 0 radical (unpaired) electrons. The summed E-state index contributed by atoms with van der Waals surface area (Å²) in [6, 6.07) is 21.1. The van der Waals surface area contributed by atoms with E-state index in [1.807, 2.05) is 31.5 Å². The second-order valence-electron chi connectivity index (χ2n) is 13.7. The van der Waals surface area contributed by atoms with Crippen LogP contribution in [-0.2, 0) is 18.0 Å². The monoisotopic (exact) mass is 684 g/mol. The van der Waals surface area contributed by atoms with Gasteiger partial charge in [0.2, 0.25) is 0 Å². The minimum atomic E-state index is -0.222. The molecule has 2 aromatic carbocycles. The largest absolute Gasteiger partial charge is 0.488 e. The number of piperidine rings is 2. The lowest BCUT2D eigenvalue weighted by molar-refractivity contribution is 0.104. The van der Waals surface area contributed by atoms with E-state index in [0.29, 0.717) is 32.9 Å². The van der Waals surface area contributed by atoms with Crippen LogP contribution < -0.4 is 9.47 Å². The highest BCUT2D eigenvalue weighted by Crippen LogP contribution is 2.42. The number of hydrogen-bond donors (Lipinski definition) is 0. The number of benzene rings is 2. The lowest BCUT2D eigenvalue weighted by atomic mass is 9.89. The number of aromatic nitrogens is 2. The van der Waals surface area contributed by atoms with E-state index in [0.717, 1.165) is 79.3 Å². The molecule has 0 atom stereocenters. The molecule has 1 amide bonds. The number of amides is 1. The van der Waals surface area contributed by atoms with Gasteiger partial charge in [0.05, 0.1) is 18.0 Å². The van der Waals surface area contributed by atoms with Crippen molar-refractivity contribution in [1.82, 2.24) is 19.8 Å². The molecule has 4 aliphatic heterocycles. The second kappa shape index (κ2) is 15.5. The van der Waals surface area contributed by atoms with Crippen molar-refractivity contribution in [2.24, 2.45) is 0 Å². The zero-order valence-corrected chi connectivity index (χ0v) is 30.3. The number of fused-ring (bicyclic) bond motifs is 4. The van der Waals surface area contributed by atoms with Gasteiger partial charge < -0.3 is 24.0 Å². The molecule has 8 rings (SSSR count). The van der Waals surface area contributed by atoms with E-state index in [2.05, 4.69) is 74.2 Å². The Hall–Kier alpha value is -4.95. The molecule has 0 bridgehead atoms. The van der Waals surface area contributed by atoms with Crippen LogP contribution in [0, 0.1) is 13.8 Å². The van der Waals surface area contributed by atoms with Crippen LogP contribution in [0.3, 0.4) is 0 Å². The molecule has 0 spiro atoms. The van der Waals surface area contributed by atoms with Crippen LogP contribution in [0.1, 0.15) is 84.3 Å². The van der Waals surface area contributed by atoms with Crippen LogP contribution in [0.25, 0.3) is 11.1 Å². The summed E-state index contributed by atoms with van der Waals surface area (Å²) in [5.41, 5.74) is 14.4. The topological polar surface area (TPSA) is 77.0 Å². The first-order valence-electron chi connectivity index (χ1n) is 18.4. The van der Waals surface area contributed by atoms with Crippen LogP contribution >= 0.6 is 0 Å². The van der Waals surface area contributed by atoms with Crippen molar-refractivity contribution < 1.29 is 19.0 Å². The summed E-state index contributed by atoms with van der Waals surface area (Å²) in [5, 5.41) is 0. The van der Waals surface area contributed by atoms with Gasteiger partial charge in [-0.15, -0.1) is 0 Å². The minimum Gasteiger partial charge on any atom is -0.488 e. The molecule has 51 heavy (non-hydrogen) atoms.